The second-order valence-electron chi connectivity index (χ2n) is 8.57. The van der Waals surface area contributed by atoms with E-state index in [0.29, 0.717) is 24.6 Å². The topological polar surface area (TPSA) is 111 Å². The van der Waals surface area contributed by atoms with E-state index in [1.807, 2.05) is 13.0 Å². The van der Waals surface area contributed by atoms with E-state index in [9.17, 15) is 14.4 Å². The third kappa shape index (κ3) is 6.26. The highest BCUT2D eigenvalue weighted by Crippen LogP contribution is 2.19. The monoisotopic (exact) mass is 428 g/mol. The van der Waals surface area contributed by atoms with Gasteiger partial charge in [0.2, 0.25) is 5.91 Å². The molecule has 2 amide bonds. The minimum absolute atomic E-state index is 0.0126. The van der Waals surface area contributed by atoms with Gasteiger partial charge in [-0.1, -0.05) is 13.8 Å². The molecular weight excluding hydrogens is 396 g/mol. The molecule has 31 heavy (non-hydrogen) atoms. The van der Waals surface area contributed by atoms with E-state index >= 15 is 0 Å². The van der Waals surface area contributed by atoms with Crippen LogP contribution in [-0.4, -0.2) is 43.2 Å². The number of hydrogen-bond acceptors (Lipinski definition) is 5. The van der Waals surface area contributed by atoms with Crippen molar-refractivity contribution in [2.45, 2.75) is 78.0 Å². The van der Waals surface area contributed by atoms with Crippen molar-refractivity contribution >= 4 is 11.8 Å². The van der Waals surface area contributed by atoms with E-state index in [0.717, 1.165) is 31.4 Å². The molecule has 9 nitrogen and oxygen atoms in total. The molecule has 1 fully saturated rings. The Balaban J connectivity index is 1.56. The predicted molar refractivity (Wildman–Crippen MR) is 117 cm³/mol. The number of nitrogens with one attached hydrogen (secondary N) is 2. The van der Waals surface area contributed by atoms with E-state index in [-0.39, 0.29) is 30.4 Å². The van der Waals surface area contributed by atoms with Crippen LogP contribution < -0.4 is 16.3 Å². The molecule has 0 saturated heterocycles. The molecule has 0 radical (unpaired) electrons. The Labute approximate surface area is 182 Å². The van der Waals surface area contributed by atoms with E-state index < -0.39 is 5.69 Å². The maximum atomic E-state index is 12.9. The lowest BCUT2D eigenvalue weighted by Gasteiger charge is -2.30. The van der Waals surface area contributed by atoms with Crippen LogP contribution >= 0.6 is 0 Å². The first-order valence-electron chi connectivity index (χ1n) is 11.0. The summed E-state index contributed by atoms with van der Waals surface area (Å²) in [4.78, 5) is 40.6. The number of rotatable bonds is 8. The highest BCUT2D eigenvalue weighted by Gasteiger charge is 2.26. The molecule has 0 unspecified atom stereocenters. The summed E-state index contributed by atoms with van der Waals surface area (Å²) in [5.41, 5.74) is 1.07. The molecular formula is C22H32N6O3. The molecule has 2 heterocycles. The number of aryl methyl sites for hydroxylation is 1. The summed E-state index contributed by atoms with van der Waals surface area (Å²) in [5, 5.41) is 10.7. The number of aromatic nitrogens is 4. The quantitative estimate of drug-likeness (QED) is 0.662. The van der Waals surface area contributed by atoms with E-state index in [1.54, 1.807) is 16.9 Å². The first kappa shape index (κ1) is 22.7. The lowest BCUT2D eigenvalue weighted by Crippen LogP contribution is -2.47. The summed E-state index contributed by atoms with van der Waals surface area (Å²) in [6.45, 7) is 6.81. The molecule has 3 rings (SSSR count). The van der Waals surface area contributed by atoms with Gasteiger partial charge in [0.15, 0.2) is 0 Å². The predicted octanol–water partition coefficient (Wildman–Crippen LogP) is 1.52. The Morgan fingerprint density at radius 3 is 2.65 bits per heavy atom. The SMILES string of the molecule is CCn1nc(CC(C)C)cc1C(=O)N[C@@H]1CCC[C@@H](NC(=O)Cn2cccnc2=O)C1. The molecule has 0 aliphatic heterocycles. The first-order valence-corrected chi connectivity index (χ1v) is 11.0. The smallest absolute Gasteiger partial charge is 0.347 e. The van der Waals surface area contributed by atoms with Crippen LogP contribution in [0.25, 0.3) is 0 Å². The van der Waals surface area contributed by atoms with Gasteiger partial charge < -0.3 is 10.6 Å². The molecule has 2 atom stereocenters. The summed E-state index contributed by atoms with van der Waals surface area (Å²) in [6, 6.07) is 3.45. The van der Waals surface area contributed by atoms with Gasteiger partial charge in [-0.15, -0.1) is 0 Å². The molecule has 2 aromatic heterocycles. The minimum atomic E-state index is -0.448. The van der Waals surface area contributed by atoms with Crippen molar-refractivity contribution in [2.75, 3.05) is 0 Å². The van der Waals surface area contributed by atoms with Gasteiger partial charge in [-0.3, -0.25) is 18.8 Å². The Bertz CT molecular complexity index is 964. The average Bonchev–Trinajstić information content (AvgIpc) is 3.12. The van der Waals surface area contributed by atoms with Crippen LogP contribution in [-0.2, 0) is 24.3 Å². The van der Waals surface area contributed by atoms with Crippen molar-refractivity contribution in [3.05, 3.63) is 46.4 Å². The molecule has 0 bridgehead atoms. The van der Waals surface area contributed by atoms with E-state index in [4.69, 9.17) is 0 Å². The van der Waals surface area contributed by atoms with Gasteiger partial charge in [0.05, 0.1) is 5.69 Å². The summed E-state index contributed by atoms with van der Waals surface area (Å²) in [6.07, 6.45) is 7.09. The fourth-order valence-corrected chi connectivity index (χ4v) is 4.06. The number of carbonyl (C=O) groups excluding carboxylic acids is 2. The van der Waals surface area contributed by atoms with Gasteiger partial charge in [-0.05, 0) is 57.1 Å². The van der Waals surface area contributed by atoms with Crippen molar-refractivity contribution in [1.29, 1.82) is 0 Å². The Morgan fingerprint density at radius 1 is 1.23 bits per heavy atom. The van der Waals surface area contributed by atoms with Crippen LogP contribution in [0.15, 0.2) is 29.3 Å². The third-order valence-electron chi connectivity index (χ3n) is 5.45. The van der Waals surface area contributed by atoms with E-state index in [2.05, 4.69) is 34.6 Å². The van der Waals surface area contributed by atoms with Crippen molar-refractivity contribution in [3.63, 3.8) is 0 Å². The van der Waals surface area contributed by atoms with Crippen LogP contribution in [0.2, 0.25) is 0 Å². The van der Waals surface area contributed by atoms with Gasteiger partial charge >= 0.3 is 5.69 Å². The number of carbonyl (C=O) groups is 2. The van der Waals surface area contributed by atoms with E-state index in [1.165, 1.54) is 10.8 Å². The van der Waals surface area contributed by atoms with Gasteiger partial charge in [0.1, 0.15) is 12.2 Å². The van der Waals surface area contributed by atoms with Gasteiger partial charge in [-0.25, -0.2) is 9.78 Å². The summed E-state index contributed by atoms with van der Waals surface area (Å²) in [5.74, 6) is 0.124. The highest BCUT2D eigenvalue weighted by atomic mass is 16.2. The Morgan fingerprint density at radius 2 is 1.97 bits per heavy atom. The van der Waals surface area contributed by atoms with Crippen molar-refractivity contribution in [1.82, 2.24) is 30.0 Å². The molecule has 2 N–H and O–H groups in total. The lowest BCUT2D eigenvalue weighted by atomic mass is 9.90. The fourth-order valence-electron chi connectivity index (χ4n) is 4.06. The van der Waals surface area contributed by atoms with Crippen LogP contribution in [0.1, 0.15) is 62.6 Å². The van der Waals surface area contributed by atoms with Gasteiger partial charge in [0.25, 0.3) is 5.91 Å². The molecule has 0 aromatic carbocycles. The van der Waals surface area contributed by atoms with Crippen molar-refractivity contribution in [3.8, 4) is 0 Å². The molecule has 0 spiro atoms. The second-order valence-corrected chi connectivity index (χ2v) is 8.57. The summed E-state index contributed by atoms with van der Waals surface area (Å²) >= 11 is 0. The average molecular weight is 429 g/mol. The van der Waals surface area contributed by atoms with Gasteiger partial charge in [0, 0.05) is 31.0 Å². The maximum absolute atomic E-state index is 12.9. The number of amides is 2. The van der Waals surface area contributed by atoms with Crippen molar-refractivity contribution < 1.29 is 9.59 Å². The number of nitrogens with zero attached hydrogens (tertiary/aromatic N) is 4. The lowest BCUT2D eigenvalue weighted by molar-refractivity contribution is -0.122. The normalized spacial score (nSPS) is 18.7. The Kier molecular flexibility index (Phi) is 7.59. The maximum Gasteiger partial charge on any atom is 0.347 e. The van der Waals surface area contributed by atoms with Crippen molar-refractivity contribution in [2.24, 2.45) is 5.92 Å². The molecule has 1 aliphatic rings. The van der Waals surface area contributed by atoms with Gasteiger partial charge in [-0.2, -0.15) is 5.10 Å². The summed E-state index contributed by atoms with van der Waals surface area (Å²) < 4.78 is 3.03. The molecule has 168 valence electrons. The highest BCUT2D eigenvalue weighted by molar-refractivity contribution is 5.92. The molecule has 1 saturated carbocycles. The third-order valence-corrected chi connectivity index (χ3v) is 5.45. The zero-order valence-electron chi connectivity index (χ0n) is 18.5. The Hall–Kier alpha value is -2.97. The van der Waals surface area contributed by atoms with Crippen LogP contribution in [0, 0.1) is 5.92 Å². The first-order chi connectivity index (χ1) is 14.9. The van der Waals surface area contributed by atoms with Crippen LogP contribution in [0.3, 0.4) is 0 Å². The number of hydrogen-bond donors (Lipinski definition) is 2. The van der Waals surface area contributed by atoms with Crippen LogP contribution in [0.5, 0.6) is 0 Å². The largest absolute Gasteiger partial charge is 0.352 e. The van der Waals surface area contributed by atoms with Crippen LogP contribution in [0.4, 0.5) is 0 Å². The standard InChI is InChI=1S/C22H32N6O3/c1-4-28-19(13-18(26-28)11-15(2)3)21(30)25-17-8-5-7-16(12-17)24-20(29)14-27-10-6-9-23-22(27)31/h6,9-10,13,15-17H,4-5,7-8,11-12,14H2,1-3H3,(H,24,29)(H,25,30)/t16-,17-/m1/s1. The minimum Gasteiger partial charge on any atom is -0.352 e. The molecule has 2 aromatic rings. The zero-order valence-corrected chi connectivity index (χ0v) is 18.5. The summed E-state index contributed by atoms with van der Waals surface area (Å²) in [7, 11) is 0. The molecule has 1 aliphatic carbocycles. The second kappa shape index (κ2) is 10.4. The zero-order chi connectivity index (χ0) is 22.4. The fraction of sp³-hybridized carbons (Fsp3) is 0.591. The molecule has 9 heteroatoms.